The van der Waals surface area contributed by atoms with Crippen LogP contribution in [0.3, 0.4) is 0 Å². The Hall–Kier alpha value is -2.47. The lowest BCUT2D eigenvalue weighted by Crippen LogP contribution is -2.36. The first-order valence-corrected chi connectivity index (χ1v) is 9.36. The Morgan fingerprint density at radius 3 is 2.70 bits per heavy atom. The number of ether oxygens (including phenoxy) is 1. The zero-order valence-corrected chi connectivity index (χ0v) is 16.5. The number of carboxylic acids is 1. The zero-order valence-electron chi connectivity index (χ0n) is 15.7. The van der Waals surface area contributed by atoms with E-state index in [0.717, 1.165) is 5.56 Å². The smallest absolute Gasteiger partial charge is 0.320 e. The largest absolute Gasteiger partial charge is 0.492 e. The van der Waals surface area contributed by atoms with E-state index in [1.807, 2.05) is 19.9 Å². The van der Waals surface area contributed by atoms with Crippen molar-refractivity contribution in [2.24, 2.45) is 5.92 Å². The van der Waals surface area contributed by atoms with Crippen LogP contribution in [0.5, 0.6) is 5.75 Å². The highest BCUT2D eigenvalue weighted by Crippen LogP contribution is 2.33. The van der Waals surface area contributed by atoms with Crippen LogP contribution in [0.4, 0.5) is 0 Å². The summed E-state index contributed by atoms with van der Waals surface area (Å²) in [6.07, 6.45) is -1.13. The fourth-order valence-electron chi connectivity index (χ4n) is 2.30. The van der Waals surface area contributed by atoms with Crippen molar-refractivity contribution in [3.05, 3.63) is 34.3 Å². The summed E-state index contributed by atoms with van der Waals surface area (Å²) in [4.78, 5) is 15.9. The summed E-state index contributed by atoms with van der Waals surface area (Å²) in [6.45, 7) is 7.79. The minimum Gasteiger partial charge on any atom is -0.492 e. The number of nitrogens with zero attached hydrogens (tertiary/aromatic N) is 2. The lowest BCUT2D eigenvalue weighted by molar-refractivity contribution is -0.140. The third-order valence-corrected chi connectivity index (χ3v) is 5.04. The molecule has 0 saturated carbocycles. The molecule has 7 nitrogen and oxygen atoms in total. The van der Waals surface area contributed by atoms with Crippen LogP contribution < -0.4 is 10.1 Å². The van der Waals surface area contributed by atoms with E-state index in [1.54, 1.807) is 19.1 Å². The molecule has 0 spiro atoms. The lowest BCUT2D eigenvalue weighted by atomic mass is 10.1. The minimum absolute atomic E-state index is 0.350. The van der Waals surface area contributed by atoms with Gasteiger partial charge in [-0.3, -0.25) is 10.1 Å². The summed E-state index contributed by atoms with van der Waals surface area (Å²) >= 11 is 1.25. The number of aliphatic hydroxyl groups is 1. The Morgan fingerprint density at radius 1 is 1.41 bits per heavy atom. The molecule has 3 N–H and O–H groups in total. The SMILES string of the molecule is Cc1nc(-c2ccc(OCC(C)C)c(C#N)c2)sc1C(O)N[C@@H](C)C(=O)O. The highest BCUT2D eigenvalue weighted by Gasteiger charge is 2.21. The van der Waals surface area contributed by atoms with Crippen LogP contribution in [0, 0.1) is 24.2 Å². The van der Waals surface area contributed by atoms with E-state index in [-0.39, 0.29) is 0 Å². The van der Waals surface area contributed by atoms with Gasteiger partial charge in [0.15, 0.2) is 0 Å². The van der Waals surface area contributed by atoms with Crippen molar-refractivity contribution in [2.75, 3.05) is 6.61 Å². The maximum absolute atomic E-state index is 10.9. The number of nitrogens with one attached hydrogen (secondary N) is 1. The van der Waals surface area contributed by atoms with Crippen molar-refractivity contribution in [2.45, 2.75) is 40.0 Å². The molecule has 1 aromatic carbocycles. The summed E-state index contributed by atoms with van der Waals surface area (Å²) in [6, 6.07) is 6.51. The van der Waals surface area contributed by atoms with Gasteiger partial charge in [-0.25, -0.2) is 4.98 Å². The predicted octanol–water partition coefficient (Wildman–Crippen LogP) is 3.08. The molecule has 27 heavy (non-hydrogen) atoms. The van der Waals surface area contributed by atoms with Crippen LogP contribution in [-0.4, -0.2) is 33.8 Å². The molecule has 1 aromatic heterocycles. The van der Waals surface area contributed by atoms with Crippen LogP contribution in [0.25, 0.3) is 10.6 Å². The third-order valence-electron chi connectivity index (χ3n) is 3.78. The third kappa shape index (κ3) is 5.26. The summed E-state index contributed by atoms with van der Waals surface area (Å²) in [5.41, 5.74) is 1.76. The number of benzene rings is 1. The van der Waals surface area contributed by atoms with Crippen molar-refractivity contribution in [1.82, 2.24) is 10.3 Å². The van der Waals surface area contributed by atoms with E-state index >= 15 is 0 Å². The number of nitriles is 1. The molecule has 2 aromatic rings. The number of hydrogen-bond donors (Lipinski definition) is 3. The monoisotopic (exact) mass is 389 g/mol. The van der Waals surface area contributed by atoms with Gasteiger partial charge in [0.1, 0.15) is 29.1 Å². The number of thiazole rings is 1. The molecule has 0 aliphatic rings. The Balaban J connectivity index is 2.26. The topological polar surface area (TPSA) is 115 Å². The number of carbonyl (C=O) groups is 1. The molecule has 1 unspecified atom stereocenters. The maximum atomic E-state index is 10.9. The molecule has 0 radical (unpaired) electrons. The number of aromatic nitrogens is 1. The van der Waals surface area contributed by atoms with Gasteiger partial charge in [-0.15, -0.1) is 11.3 Å². The molecule has 1 heterocycles. The molecule has 0 aliphatic heterocycles. The molecule has 8 heteroatoms. The maximum Gasteiger partial charge on any atom is 0.320 e. The Bertz CT molecular complexity index is 857. The van der Waals surface area contributed by atoms with Gasteiger partial charge < -0.3 is 14.9 Å². The first-order chi connectivity index (χ1) is 12.7. The highest BCUT2D eigenvalue weighted by molar-refractivity contribution is 7.15. The molecule has 0 fully saturated rings. The average molecular weight is 389 g/mol. The normalized spacial score (nSPS) is 13.2. The fourth-order valence-corrected chi connectivity index (χ4v) is 3.31. The van der Waals surface area contributed by atoms with Crippen molar-refractivity contribution in [3.8, 4) is 22.4 Å². The number of rotatable bonds is 8. The first-order valence-electron chi connectivity index (χ1n) is 8.54. The van der Waals surface area contributed by atoms with Gasteiger partial charge in [0.05, 0.1) is 22.7 Å². The summed E-state index contributed by atoms with van der Waals surface area (Å²) in [7, 11) is 0. The standard InChI is InChI=1S/C19H23N3O4S/c1-10(2)9-26-15-6-5-13(7-14(15)8-20)18-22-11(3)16(27-18)17(23)21-12(4)19(24)25/h5-7,10,12,17,21,23H,9H2,1-4H3,(H,24,25)/t12-,17?/m0/s1. The van der Waals surface area contributed by atoms with Crippen molar-refractivity contribution < 1.29 is 19.7 Å². The van der Waals surface area contributed by atoms with E-state index in [1.165, 1.54) is 18.3 Å². The van der Waals surface area contributed by atoms with Gasteiger partial charge in [0.25, 0.3) is 0 Å². The van der Waals surface area contributed by atoms with Gasteiger partial charge >= 0.3 is 5.97 Å². The van der Waals surface area contributed by atoms with E-state index in [2.05, 4.69) is 16.4 Å². The number of hydrogen-bond acceptors (Lipinski definition) is 7. The van der Waals surface area contributed by atoms with Crippen molar-refractivity contribution in [1.29, 1.82) is 5.26 Å². The van der Waals surface area contributed by atoms with Crippen molar-refractivity contribution in [3.63, 3.8) is 0 Å². The predicted molar refractivity (Wildman–Crippen MR) is 103 cm³/mol. The van der Waals surface area contributed by atoms with E-state index in [4.69, 9.17) is 9.84 Å². The van der Waals surface area contributed by atoms with Crippen LogP contribution in [0.1, 0.15) is 43.1 Å². The van der Waals surface area contributed by atoms with Gasteiger partial charge in [-0.05, 0) is 38.0 Å². The minimum atomic E-state index is -1.13. The molecular formula is C19H23N3O4S. The quantitative estimate of drug-likeness (QED) is 0.594. The fraction of sp³-hybridized carbons (Fsp3) is 0.421. The molecule has 144 valence electrons. The molecule has 0 bridgehead atoms. The summed E-state index contributed by atoms with van der Waals surface area (Å²) < 4.78 is 5.67. The van der Waals surface area contributed by atoms with E-state index in [0.29, 0.717) is 39.4 Å². The number of carboxylic acid groups (broad SMARTS) is 1. The number of aliphatic carboxylic acids is 1. The Kier molecular flexibility index (Phi) is 6.91. The second-order valence-corrected chi connectivity index (χ2v) is 7.66. The summed E-state index contributed by atoms with van der Waals surface area (Å²) in [5, 5.41) is 31.9. The molecular weight excluding hydrogens is 366 g/mol. The molecule has 2 atom stereocenters. The number of aryl methyl sites for hydroxylation is 1. The van der Waals surface area contributed by atoms with Gasteiger partial charge in [0, 0.05) is 5.56 Å². The summed E-state index contributed by atoms with van der Waals surface area (Å²) in [5.74, 6) is -0.171. The van der Waals surface area contributed by atoms with Crippen LogP contribution in [0.15, 0.2) is 18.2 Å². The van der Waals surface area contributed by atoms with Crippen LogP contribution in [0.2, 0.25) is 0 Å². The van der Waals surface area contributed by atoms with Crippen LogP contribution >= 0.6 is 11.3 Å². The van der Waals surface area contributed by atoms with Crippen LogP contribution in [-0.2, 0) is 4.79 Å². The van der Waals surface area contributed by atoms with E-state index < -0.39 is 18.2 Å². The van der Waals surface area contributed by atoms with E-state index in [9.17, 15) is 15.2 Å². The van der Waals surface area contributed by atoms with Crippen molar-refractivity contribution >= 4 is 17.3 Å². The number of aliphatic hydroxyl groups excluding tert-OH is 1. The van der Waals surface area contributed by atoms with Gasteiger partial charge in [0.2, 0.25) is 0 Å². The highest BCUT2D eigenvalue weighted by atomic mass is 32.1. The zero-order chi connectivity index (χ0) is 20.1. The molecule has 0 amide bonds. The average Bonchev–Trinajstić information content (AvgIpc) is 3.01. The Labute approximate surface area is 162 Å². The molecule has 0 saturated heterocycles. The molecule has 2 rings (SSSR count). The van der Waals surface area contributed by atoms with Gasteiger partial charge in [-0.2, -0.15) is 5.26 Å². The second kappa shape index (κ2) is 8.95. The van der Waals surface area contributed by atoms with Gasteiger partial charge in [-0.1, -0.05) is 13.8 Å². The second-order valence-electron chi connectivity index (χ2n) is 6.63. The first kappa shape index (κ1) is 20.8. The Morgan fingerprint density at radius 2 is 2.11 bits per heavy atom. The molecule has 0 aliphatic carbocycles. The lowest BCUT2D eigenvalue weighted by Gasteiger charge is -2.14.